The molecule has 9 heteroatoms. The molecule has 0 aliphatic heterocycles. The monoisotopic (exact) mass is 391 g/mol. The predicted octanol–water partition coefficient (Wildman–Crippen LogP) is 3.00. The number of rotatable bonds is 6. The van der Waals surface area contributed by atoms with E-state index in [2.05, 4.69) is 5.32 Å². The molecule has 2 aromatic rings. The quantitative estimate of drug-likeness (QED) is 0.601. The van der Waals surface area contributed by atoms with E-state index in [0.717, 1.165) is 16.1 Å². The molecule has 1 amide bonds. The highest BCUT2D eigenvalue weighted by molar-refractivity contribution is 7.92. The number of nitrogens with one attached hydrogen (secondary N) is 1. The van der Waals surface area contributed by atoms with Gasteiger partial charge in [-0.1, -0.05) is 18.2 Å². The smallest absolute Gasteiger partial charge is 0.271 e. The summed E-state index contributed by atoms with van der Waals surface area (Å²) in [4.78, 5) is 23.1. The lowest BCUT2D eigenvalue weighted by Gasteiger charge is -2.28. The molecule has 2 aromatic carbocycles. The lowest BCUT2D eigenvalue weighted by Crippen LogP contribution is -2.45. The zero-order valence-electron chi connectivity index (χ0n) is 15.5. The van der Waals surface area contributed by atoms with Crippen LogP contribution in [0, 0.1) is 24.0 Å². The minimum atomic E-state index is -3.74. The van der Waals surface area contributed by atoms with Crippen molar-refractivity contribution in [1.29, 1.82) is 0 Å². The van der Waals surface area contributed by atoms with E-state index in [-0.39, 0.29) is 11.4 Å². The summed E-state index contributed by atoms with van der Waals surface area (Å²) in [6.45, 7) is 4.98. The van der Waals surface area contributed by atoms with Crippen LogP contribution in [0.3, 0.4) is 0 Å². The molecule has 0 aromatic heterocycles. The average Bonchev–Trinajstić information content (AvgIpc) is 2.55. The van der Waals surface area contributed by atoms with Gasteiger partial charge in [-0.25, -0.2) is 8.42 Å². The van der Waals surface area contributed by atoms with Crippen LogP contribution in [0.25, 0.3) is 0 Å². The maximum absolute atomic E-state index is 12.7. The van der Waals surface area contributed by atoms with Gasteiger partial charge in [0.15, 0.2) is 0 Å². The molecule has 0 saturated heterocycles. The van der Waals surface area contributed by atoms with Crippen LogP contribution in [0.4, 0.5) is 17.1 Å². The summed E-state index contributed by atoms with van der Waals surface area (Å²) in [5.41, 5.74) is 1.95. The van der Waals surface area contributed by atoms with Crippen LogP contribution in [0.2, 0.25) is 0 Å². The maximum Gasteiger partial charge on any atom is 0.271 e. The summed E-state index contributed by atoms with van der Waals surface area (Å²) in [7, 11) is -3.74. The minimum absolute atomic E-state index is 0.165. The van der Waals surface area contributed by atoms with Crippen molar-refractivity contribution in [2.45, 2.75) is 26.8 Å². The van der Waals surface area contributed by atoms with Gasteiger partial charge in [-0.05, 0) is 44.0 Å². The van der Waals surface area contributed by atoms with E-state index in [1.54, 1.807) is 25.1 Å². The number of benzene rings is 2. The van der Waals surface area contributed by atoms with E-state index in [4.69, 9.17) is 0 Å². The molecule has 1 N–H and O–H groups in total. The Morgan fingerprint density at radius 1 is 1.19 bits per heavy atom. The molecule has 0 aliphatic carbocycles. The fourth-order valence-electron chi connectivity index (χ4n) is 2.67. The Morgan fingerprint density at radius 2 is 1.85 bits per heavy atom. The number of nitrogens with zero attached hydrogens (tertiary/aromatic N) is 2. The van der Waals surface area contributed by atoms with Crippen LogP contribution < -0.4 is 9.62 Å². The van der Waals surface area contributed by atoms with Gasteiger partial charge in [-0.3, -0.25) is 19.2 Å². The second kappa shape index (κ2) is 7.75. The number of hydrogen-bond acceptors (Lipinski definition) is 5. The molecule has 0 unspecified atom stereocenters. The van der Waals surface area contributed by atoms with E-state index >= 15 is 0 Å². The van der Waals surface area contributed by atoms with Gasteiger partial charge in [-0.2, -0.15) is 0 Å². The van der Waals surface area contributed by atoms with Gasteiger partial charge in [0.25, 0.3) is 5.69 Å². The number of anilines is 2. The summed E-state index contributed by atoms with van der Waals surface area (Å²) >= 11 is 0. The number of sulfonamides is 1. The molecule has 0 heterocycles. The number of amides is 1. The lowest BCUT2D eigenvalue weighted by molar-refractivity contribution is -0.384. The largest absolute Gasteiger partial charge is 0.324 e. The number of non-ortho nitro benzene ring substituents is 1. The summed E-state index contributed by atoms with van der Waals surface area (Å²) in [5.74, 6) is -0.592. The Morgan fingerprint density at radius 3 is 2.41 bits per heavy atom. The predicted molar refractivity (Wildman–Crippen MR) is 104 cm³/mol. The Bertz CT molecular complexity index is 988. The van der Waals surface area contributed by atoms with E-state index in [1.807, 2.05) is 13.0 Å². The number of carbonyl (C=O) groups is 1. The topological polar surface area (TPSA) is 110 Å². The highest BCUT2D eigenvalue weighted by atomic mass is 32.2. The highest BCUT2D eigenvalue weighted by Crippen LogP contribution is 2.25. The SMILES string of the molecule is Cc1cccc(N([C@@H](C)C(=O)Nc2cc([N+](=O)[O-])ccc2C)S(C)(=O)=O)c1. The molecule has 0 saturated carbocycles. The Hall–Kier alpha value is -2.94. The van der Waals surface area contributed by atoms with Crippen molar-refractivity contribution < 1.29 is 18.1 Å². The van der Waals surface area contributed by atoms with Gasteiger partial charge in [0, 0.05) is 12.1 Å². The van der Waals surface area contributed by atoms with E-state index in [9.17, 15) is 23.3 Å². The summed E-state index contributed by atoms with van der Waals surface area (Å²) in [5, 5.41) is 13.5. The van der Waals surface area contributed by atoms with Crippen LogP contribution in [0.1, 0.15) is 18.1 Å². The Labute approximate surface area is 158 Å². The summed E-state index contributed by atoms with van der Waals surface area (Å²) < 4.78 is 25.6. The maximum atomic E-state index is 12.7. The first kappa shape index (κ1) is 20.4. The van der Waals surface area contributed by atoms with Crippen LogP contribution >= 0.6 is 0 Å². The number of aryl methyl sites for hydroxylation is 2. The first-order valence-electron chi connectivity index (χ1n) is 8.12. The molecule has 8 nitrogen and oxygen atoms in total. The highest BCUT2D eigenvalue weighted by Gasteiger charge is 2.29. The Balaban J connectivity index is 2.36. The van der Waals surface area contributed by atoms with Crippen LogP contribution in [-0.2, 0) is 14.8 Å². The minimum Gasteiger partial charge on any atom is -0.324 e. The van der Waals surface area contributed by atoms with E-state index in [0.29, 0.717) is 11.3 Å². The third-order valence-electron chi connectivity index (χ3n) is 4.03. The second-order valence-electron chi connectivity index (χ2n) is 6.32. The first-order chi connectivity index (χ1) is 12.5. The molecular formula is C18H21N3O5S. The molecular weight excluding hydrogens is 370 g/mol. The third-order valence-corrected chi connectivity index (χ3v) is 5.28. The van der Waals surface area contributed by atoms with Crippen molar-refractivity contribution in [2.24, 2.45) is 0 Å². The van der Waals surface area contributed by atoms with Gasteiger partial charge in [0.2, 0.25) is 15.9 Å². The molecule has 0 bridgehead atoms. The normalized spacial score (nSPS) is 12.3. The molecule has 1 atom stereocenters. The number of hydrogen-bond donors (Lipinski definition) is 1. The van der Waals surface area contributed by atoms with E-state index in [1.165, 1.54) is 25.1 Å². The molecule has 144 valence electrons. The molecule has 0 aliphatic rings. The standard InChI is InChI=1S/C18H21N3O5S/c1-12-6-5-7-15(10-12)20(27(4,25)26)14(3)18(22)19-17-11-16(21(23)24)9-8-13(17)2/h5-11,14H,1-4H3,(H,19,22)/t14-/m0/s1. The Kier molecular flexibility index (Phi) is 5.85. The van der Waals surface area contributed by atoms with Crippen molar-refractivity contribution in [2.75, 3.05) is 15.9 Å². The molecule has 0 radical (unpaired) electrons. The van der Waals surface area contributed by atoms with Crippen molar-refractivity contribution >= 4 is 33.0 Å². The molecule has 0 fully saturated rings. The molecule has 0 spiro atoms. The van der Waals surface area contributed by atoms with Crippen molar-refractivity contribution in [3.8, 4) is 0 Å². The van der Waals surface area contributed by atoms with Gasteiger partial charge in [-0.15, -0.1) is 0 Å². The fourth-order valence-corrected chi connectivity index (χ4v) is 3.84. The van der Waals surface area contributed by atoms with Crippen molar-refractivity contribution in [3.63, 3.8) is 0 Å². The zero-order chi connectivity index (χ0) is 20.4. The van der Waals surface area contributed by atoms with Crippen LogP contribution in [-0.4, -0.2) is 31.5 Å². The lowest BCUT2D eigenvalue weighted by atomic mass is 10.1. The van der Waals surface area contributed by atoms with Crippen molar-refractivity contribution in [3.05, 3.63) is 63.7 Å². The zero-order valence-corrected chi connectivity index (χ0v) is 16.3. The average molecular weight is 391 g/mol. The van der Waals surface area contributed by atoms with Crippen LogP contribution in [0.5, 0.6) is 0 Å². The van der Waals surface area contributed by atoms with Crippen LogP contribution in [0.15, 0.2) is 42.5 Å². The third kappa shape index (κ3) is 4.82. The van der Waals surface area contributed by atoms with Gasteiger partial charge >= 0.3 is 0 Å². The summed E-state index contributed by atoms with van der Waals surface area (Å²) in [6.07, 6.45) is 1.03. The summed E-state index contributed by atoms with van der Waals surface area (Å²) in [6, 6.07) is 9.86. The van der Waals surface area contributed by atoms with Crippen molar-refractivity contribution in [1.82, 2.24) is 0 Å². The second-order valence-corrected chi connectivity index (χ2v) is 8.18. The first-order valence-corrected chi connectivity index (χ1v) is 9.97. The fraction of sp³-hybridized carbons (Fsp3) is 0.278. The molecule has 27 heavy (non-hydrogen) atoms. The van der Waals surface area contributed by atoms with E-state index < -0.39 is 26.9 Å². The van der Waals surface area contributed by atoms with Gasteiger partial charge in [0.1, 0.15) is 6.04 Å². The number of nitro benzene ring substituents is 1. The van der Waals surface area contributed by atoms with Gasteiger partial charge in [0.05, 0.1) is 22.6 Å². The van der Waals surface area contributed by atoms with Gasteiger partial charge < -0.3 is 5.32 Å². The number of carbonyl (C=O) groups excluding carboxylic acids is 1. The number of nitro groups is 1. The molecule has 2 rings (SSSR count).